The van der Waals surface area contributed by atoms with E-state index in [-0.39, 0.29) is 5.78 Å². The van der Waals surface area contributed by atoms with Crippen LogP contribution in [0.5, 0.6) is 0 Å². The minimum atomic E-state index is -0.00898. The lowest BCUT2D eigenvalue weighted by Crippen LogP contribution is -1.99. The molecule has 0 aliphatic heterocycles. The highest BCUT2D eigenvalue weighted by Gasteiger charge is 2.14. The molecule has 0 atom stereocenters. The summed E-state index contributed by atoms with van der Waals surface area (Å²) in [6.45, 7) is 0. The van der Waals surface area contributed by atoms with Crippen molar-refractivity contribution in [3.05, 3.63) is 51.2 Å². The number of halogens is 1. The Morgan fingerprint density at radius 1 is 1.17 bits per heavy atom. The maximum atomic E-state index is 12.3. The second-order valence-electron chi connectivity index (χ2n) is 3.83. The van der Waals surface area contributed by atoms with Crippen molar-refractivity contribution in [2.24, 2.45) is 0 Å². The molecule has 1 aromatic carbocycles. The zero-order chi connectivity index (χ0) is 12.7. The molecule has 2 aromatic heterocycles. The third-order valence-electron chi connectivity index (χ3n) is 2.63. The third-order valence-corrected chi connectivity index (χ3v) is 5.05. The first-order chi connectivity index (χ1) is 8.65. The van der Waals surface area contributed by atoms with E-state index in [1.165, 1.54) is 11.3 Å². The molecule has 90 valence electrons. The van der Waals surface area contributed by atoms with E-state index in [9.17, 15) is 4.79 Å². The summed E-state index contributed by atoms with van der Waals surface area (Å²) in [6.07, 6.45) is 0. The number of rotatable bonds is 2. The number of carbonyl (C=O) groups excluding carboxylic acids is 1. The summed E-state index contributed by atoms with van der Waals surface area (Å²) in [5, 5.41) is 2.44. The van der Waals surface area contributed by atoms with E-state index in [1.807, 2.05) is 17.5 Å². The Morgan fingerprint density at radius 3 is 2.72 bits per heavy atom. The van der Waals surface area contributed by atoms with Gasteiger partial charge in [-0.1, -0.05) is 11.6 Å². The monoisotopic (exact) mass is 293 g/mol. The molecule has 0 unspecified atom stereocenters. The normalized spacial score (nSPS) is 10.9. The van der Waals surface area contributed by atoms with Gasteiger partial charge in [0.05, 0.1) is 15.6 Å². The van der Waals surface area contributed by atoms with E-state index in [0.717, 1.165) is 14.3 Å². The van der Waals surface area contributed by atoms with Gasteiger partial charge in [-0.2, -0.15) is 0 Å². The fourth-order valence-corrected chi connectivity index (χ4v) is 3.94. The number of fused-ring (bicyclic) bond motifs is 1. The van der Waals surface area contributed by atoms with Crippen molar-refractivity contribution in [3.8, 4) is 0 Å². The van der Waals surface area contributed by atoms with E-state index in [1.54, 1.807) is 29.5 Å². The molecular formula is C13H8ClNOS2. The molecule has 0 aliphatic rings. The van der Waals surface area contributed by atoms with Crippen LogP contribution in [0.3, 0.4) is 0 Å². The molecule has 0 radical (unpaired) electrons. The summed E-state index contributed by atoms with van der Waals surface area (Å²) >= 11 is 9.07. The van der Waals surface area contributed by atoms with Crippen LogP contribution in [0.4, 0.5) is 5.69 Å². The molecule has 0 aliphatic carbocycles. The Hall–Kier alpha value is -1.36. The van der Waals surface area contributed by atoms with Gasteiger partial charge in [0.1, 0.15) is 0 Å². The van der Waals surface area contributed by atoms with E-state index >= 15 is 0 Å². The Balaban J connectivity index is 2.03. The van der Waals surface area contributed by atoms with Gasteiger partial charge in [-0.05, 0) is 35.7 Å². The number of nitrogen functional groups attached to an aromatic ring is 1. The summed E-state index contributed by atoms with van der Waals surface area (Å²) in [5.74, 6) is -0.00898. The second kappa shape index (κ2) is 4.39. The number of hydrogen-bond donors (Lipinski definition) is 1. The number of ketones is 1. The van der Waals surface area contributed by atoms with Crippen LogP contribution in [0, 0.1) is 0 Å². The maximum Gasteiger partial charge on any atom is 0.203 e. The Kier molecular flexibility index (Phi) is 2.86. The SMILES string of the molecule is Nc1ccc(C(=O)c2cc3sccc3s2)cc1Cl. The Labute approximate surface area is 117 Å². The Morgan fingerprint density at radius 2 is 2.00 bits per heavy atom. The van der Waals surface area contributed by atoms with Gasteiger partial charge in [-0.3, -0.25) is 4.79 Å². The fraction of sp³-hybridized carbons (Fsp3) is 0. The van der Waals surface area contributed by atoms with Gasteiger partial charge in [-0.25, -0.2) is 0 Å². The van der Waals surface area contributed by atoms with Crippen molar-refractivity contribution in [2.45, 2.75) is 0 Å². The minimum Gasteiger partial charge on any atom is -0.398 e. The van der Waals surface area contributed by atoms with Gasteiger partial charge >= 0.3 is 0 Å². The highest BCUT2D eigenvalue weighted by molar-refractivity contribution is 7.28. The highest BCUT2D eigenvalue weighted by atomic mass is 35.5. The summed E-state index contributed by atoms with van der Waals surface area (Å²) in [4.78, 5) is 13.0. The van der Waals surface area contributed by atoms with E-state index in [0.29, 0.717) is 16.3 Å². The average Bonchev–Trinajstić information content (AvgIpc) is 2.92. The Bertz CT molecular complexity index is 716. The molecule has 3 aromatic rings. The van der Waals surface area contributed by atoms with Crippen LogP contribution in [0.2, 0.25) is 5.02 Å². The molecule has 0 saturated heterocycles. The summed E-state index contributed by atoms with van der Waals surface area (Å²) in [7, 11) is 0. The van der Waals surface area contributed by atoms with Gasteiger partial charge in [0.25, 0.3) is 0 Å². The number of anilines is 1. The number of benzene rings is 1. The highest BCUT2D eigenvalue weighted by Crippen LogP contribution is 2.32. The molecule has 2 nitrogen and oxygen atoms in total. The predicted octanol–water partition coefficient (Wildman–Crippen LogP) is 4.43. The first-order valence-electron chi connectivity index (χ1n) is 5.22. The van der Waals surface area contributed by atoms with Crippen LogP contribution in [0.25, 0.3) is 9.40 Å². The van der Waals surface area contributed by atoms with Crippen molar-refractivity contribution in [2.75, 3.05) is 5.73 Å². The van der Waals surface area contributed by atoms with Gasteiger partial charge in [0.15, 0.2) is 0 Å². The lowest BCUT2D eigenvalue weighted by atomic mass is 10.1. The molecule has 0 bridgehead atoms. The zero-order valence-electron chi connectivity index (χ0n) is 9.14. The van der Waals surface area contributed by atoms with E-state index < -0.39 is 0 Å². The van der Waals surface area contributed by atoms with Crippen LogP contribution in [0.1, 0.15) is 15.2 Å². The first kappa shape index (κ1) is 11.7. The van der Waals surface area contributed by atoms with Crippen molar-refractivity contribution < 1.29 is 4.79 Å². The molecule has 2 N–H and O–H groups in total. The summed E-state index contributed by atoms with van der Waals surface area (Å²) < 4.78 is 2.29. The first-order valence-corrected chi connectivity index (χ1v) is 7.29. The van der Waals surface area contributed by atoms with Crippen molar-refractivity contribution in [1.82, 2.24) is 0 Å². The molecule has 3 rings (SSSR count). The van der Waals surface area contributed by atoms with Crippen LogP contribution < -0.4 is 5.73 Å². The van der Waals surface area contributed by atoms with E-state index in [4.69, 9.17) is 17.3 Å². The fourth-order valence-electron chi connectivity index (χ4n) is 1.69. The smallest absolute Gasteiger partial charge is 0.203 e. The molecule has 0 fully saturated rings. The summed E-state index contributed by atoms with van der Waals surface area (Å²) in [6, 6.07) is 8.94. The number of hydrogen-bond acceptors (Lipinski definition) is 4. The number of carbonyl (C=O) groups is 1. The largest absolute Gasteiger partial charge is 0.398 e. The van der Waals surface area contributed by atoms with Crippen LogP contribution in [-0.2, 0) is 0 Å². The second-order valence-corrected chi connectivity index (χ2v) is 6.26. The third kappa shape index (κ3) is 1.92. The average molecular weight is 294 g/mol. The van der Waals surface area contributed by atoms with Crippen molar-refractivity contribution in [3.63, 3.8) is 0 Å². The van der Waals surface area contributed by atoms with E-state index in [2.05, 4.69) is 0 Å². The maximum absolute atomic E-state index is 12.3. The van der Waals surface area contributed by atoms with Gasteiger partial charge < -0.3 is 5.73 Å². The lowest BCUT2D eigenvalue weighted by molar-refractivity contribution is 0.104. The predicted molar refractivity (Wildman–Crippen MR) is 79.0 cm³/mol. The quantitative estimate of drug-likeness (QED) is 0.561. The standard InChI is InChI=1S/C13H8ClNOS2/c14-8-5-7(1-2-9(8)15)13(16)12-6-11-10(18-12)3-4-17-11/h1-6H,15H2. The van der Waals surface area contributed by atoms with Crippen LogP contribution in [-0.4, -0.2) is 5.78 Å². The molecule has 0 saturated carbocycles. The van der Waals surface area contributed by atoms with Crippen molar-refractivity contribution >= 4 is 55.1 Å². The summed E-state index contributed by atoms with van der Waals surface area (Å²) in [5.41, 5.74) is 6.69. The minimum absolute atomic E-state index is 0.00898. The molecule has 18 heavy (non-hydrogen) atoms. The lowest BCUT2D eigenvalue weighted by Gasteiger charge is -2.01. The van der Waals surface area contributed by atoms with Crippen LogP contribution >= 0.6 is 34.3 Å². The number of nitrogens with two attached hydrogens (primary N) is 1. The van der Waals surface area contributed by atoms with Gasteiger partial charge in [0, 0.05) is 15.0 Å². The molecule has 2 heterocycles. The molecule has 5 heteroatoms. The van der Waals surface area contributed by atoms with Crippen molar-refractivity contribution in [1.29, 1.82) is 0 Å². The molecule has 0 spiro atoms. The van der Waals surface area contributed by atoms with Gasteiger partial charge in [0.2, 0.25) is 5.78 Å². The number of thiophene rings is 2. The van der Waals surface area contributed by atoms with Gasteiger partial charge in [-0.15, -0.1) is 22.7 Å². The molecule has 0 amide bonds. The molecular weight excluding hydrogens is 286 g/mol. The zero-order valence-corrected chi connectivity index (χ0v) is 11.5. The topological polar surface area (TPSA) is 43.1 Å². The van der Waals surface area contributed by atoms with Crippen LogP contribution in [0.15, 0.2) is 35.7 Å².